The monoisotopic (exact) mass is 638 g/mol. The van der Waals surface area contributed by atoms with Gasteiger partial charge in [0.15, 0.2) is 0 Å². The average Bonchev–Trinajstić information content (AvgIpc) is 3.10. The Morgan fingerprint density at radius 3 is 2.77 bits per heavy atom. The molecule has 236 valence electrons. The second-order valence-corrected chi connectivity index (χ2v) is 16.8. The smallest absolute Gasteiger partial charge is 0.264 e. The number of anilines is 1. The number of hydrogen-bond donors (Lipinski definition) is 2. The maximum absolute atomic E-state index is 13.5. The molecular formula is C35H43ClN2O5S. The van der Waals surface area contributed by atoms with Crippen molar-refractivity contribution in [3.05, 3.63) is 70.3 Å². The predicted molar refractivity (Wildman–Crippen MR) is 173 cm³/mol. The molecule has 7 atom stereocenters. The van der Waals surface area contributed by atoms with Gasteiger partial charge in [-0.2, -0.15) is 0 Å². The van der Waals surface area contributed by atoms with Gasteiger partial charge in [-0.05, 0) is 123 Å². The highest BCUT2D eigenvalue weighted by molar-refractivity contribution is 7.90. The van der Waals surface area contributed by atoms with E-state index in [9.17, 15) is 18.3 Å². The quantitative estimate of drug-likeness (QED) is 0.343. The molecule has 7 nitrogen and oxygen atoms in total. The van der Waals surface area contributed by atoms with Crippen LogP contribution in [0.4, 0.5) is 5.69 Å². The van der Waals surface area contributed by atoms with Crippen molar-refractivity contribution < 1.29 is 23.1 Å². The van der Waals surface area contributed by atoms with Crippen LogP contribution in [0.5, 0.6) is 5.75 Å². The van der Waals surface area contributed by atoms with Crippen LogP contribution in [0.2, 0.25) is 5.02 Å². The number of aryl methyl sites for hydroxylation is 1. The Balaban J connectivity index is 1.32. The van der Waals surface area contributed by atoms with E-state index in [1.807, 2.05) is 19.1 Å². The number of rotatable bonds is 0. The van der Waals surface area contributed by atoms with Gasteiger partial charge in [0.25, 0.3) is 5.91 Å². The molecule has 1 spiro atoms. The number of halogens is 1. The number of fused-ring (bicyclic) bond motifs is 7. The van der Waals surface area contributed by atoms with Crippen LogP contribution in [-0.4, -0.2) is 50.0 Å². The maximum atomic E-state index is 13.5. The number of benzene rings is 2. The highest BCUT2D eigenvalue weighted by atomic mass is 35.5. The predicted octanol–water partition coefficient (Wildman–Crippen LogP) is 6.02. The largest absolute Gasteiger partial charge is 0.490 e. The van der Waals surface area contributed by atoms with Crippen molar-refractivity contribution in [3.8, 4) is 5.75 Å². The van der Waals surface area contributed by atoms with Crippen LogP contribution in [-0.2, 0) is 21.9 Å². The molecule has 0 radical (unpaired) electrons. The van der Waals surface area contributed by atoms with Gasteiger partial charge in [0.05, 0.1) is 23.1 Å². The van der Waals surface area contributed by atoms with Crippen LogP contribution in [0.25, 0.3) is 0 Å². The van der Waals surface area contributed by atoms with Gasteiger partial charge < -0.3 is 14.7 Å². The number of allylic oxidation sites excluding steroid dienone is 1. The summed E-state index contributed by atoms with van der Waals surface area (Å²) in [7, 11) is -3.93. The summed E-state index contributed by atoms with van der Waals surface area (Å²) in [5.41, 5.74) is 2.56. The van der Waals surface area contributed by atoms with Crippen LogP contribution >= 0.6 is 11.6 Å². The molecule has 2 aromatic carbocycles. The van der Waals surface area contributed by atoms with E-state index in [2.05, 4.69) is 33.9 Å². The van der Waals surface area contributed by atoms with E-state index in [1.165, 1.54) is 11.1 Å². The average molecular weight is 639 g/mol. The number of nitrogens with one attached hydrogen (secondary N) is 1. The standard InChI is InChI=1S/C35H43ClN2O5S/c1-22-15-24-5-3-14-35(40,18-24)30-10-7-27(30)19-38-20-34(13-4-6-25-16-28(36)9-11-29(25)34)21-43-32-12-8-26(17-31(32)38)33(39)37-44(41,42)23(22)2/h3,5,8-9,11-12,16-17,22-24,27,30,40H,4,6-7,10,13-15,18-21H2,1-2H3,(H,37,39)/t22-,23+,24-,27-,30+,34-,35-/m0/s1. The molecule has 5 aliphatic rings. The highest BCUT2D eigenvalue weighted by Gasteiger charge is 2.50. The van der Waals surface area contributed by atoms with Gasteiger partial charge >= 0.3 is 0 Å². The number of sulfonamides is 1. The van der Waals surface area contributed by atoms with E-state index in [1.54, 1.807) is 19.1 Å². The topological polar surface area (TPSA) is 95.9 Å². The molecular weight excluding hydrogens is 596 g/mol. The fourth-order valence-electron chi connectivity index (χ4n) is 8.82. The molecule has 0 saturated heterocycles. The minimum absolute atomic E-state index is 0.0889. The van der Waals surface area contributed by atoms with Crippen LogP contribution in [0, 0.1) is 23.7 Å². The van der Waals surface area contributed by atoms with E-state index in [0.717, 1.165) is 49.4 Å². The second-order valence-electron chi connectivity index (χ2n) is 14.3. The Labute approximate surface area is 266 Å². The van der Waals surface area contributed by atoms with Crippen molar-refractivity contribution in [1.82, 2.24) is 4.72 Å². The third-order valence-electron chi connectivity index (χ3n) is 11.6. The van der Waals surface area contributed by atoms with Gasteiger partial charge in [-0.1, -0.05) is 36.7 Å². The summed E-state index contributed by atoms with van der Waals surface area (Å²) in [4.78, 5) is 15.8. The Kier molecular flexibility index (Phi) is 7.57. The lowest BCUT2D eigenvalue weighted by Gasteiger charge is -2.51. The number of nitrogens with zero attached hydrogens (tertiary/aromatic N) is 1. The molecule has 44 heavy (non-hydrogen) atoms. The van der Waals surface area contributed by atoms with Crippen LogP contribution < -0.4 is 14.4 Å². The second kappa shape index (κ2) is 11.1. The zero-order chi connectivity index (χ0) is 30.9. The first kappa shape index (κ1) is 30.1. The van der Waals surface area contributed by atoms with Gasteiger partial charge in [0, 0.05) is 29.1 Å². The van der Waals surface area contributed by atoms with Crippen molar-refractivity contribution in [2.24, 2.45) is 23.7 Å². The summed E-state index contributed by atoms with van der Waals surface area (Å²) >= 11 is 6.42. The fourth-order valence-corrected chi connectivity index (χ4v) is 10.3. The molecule has 0 aromatic heterocycles. The number of aliphatic hydroxyl groups is 1. The summed E-state index contributed by atoms with van der Waals surface area (Å²) in [5, 5.41) is 12.1. The molecule has 0 unspecified atom stereocenters. The van der Waals surface area contributed by atoms with Crippen molar-refractivity contribution in [1.29, 1.82) is 0 Å². The Morgan fingerprint density at radius 2 is 1.98 bits per heavy atom. The van der Waals surface area contributed by atoms with Gasteiger partial charge in [0.1, 0.15) is 5.75 Å². The summed E-state index contributed by atoms with van der Waals surface area (Å²) < 4.78 is 35.8. The van der Waals surface area contributed by atoms with Crippen LogP contribution in [0.3, 0.4) is 0 Å². The molecule has 4 bridgehead atoms. The van der Waals surface area contributed by atoms with Crippen LogP contribution in [0.1, 0.15) is 80.3 Å². The molecule has 3 aliphatic carbocycles. The van der Waals surface area contributed by atoms with Crippen molar-refractivity contribution in [3.63, 3.8) is 0 Å². The maximum Gasteiger partial charge on any atom is 0.264 e. The van der Waals surface area contributed by atoms with E-state index in [-0.39, 0.29) is 23.2 Å². The van der Waals surface area contributed by atoms with Crippen molar-refractivity contribution in [2.45, 2.75) is 81.5 Å². The van der Waals surface area contributed by atoms with E-state index in [0.29, 0.717) is 49.6 Å². The zero-order valence-corrected chi connectivity index (χ0v) is 27.2. The number of carbonyl (C=O) groups is 1. The fraction of sp³-hybridized carbons (Fsp3) is 0.571. The Morgan fingerprint density at radius 1 is 1.14 bits per heavy atom. The first-order chi connectivity index (χ1) is 21.0. The summed E-state index contributed by atoms with van der Waals surface area (Å²) in [6.45, 7) is 5.54. The normalized spacial score (nSPS) is 36.2. The Hall–Kier alpha value is -2.55. The summed E-state index contributed by atoms with van der Waals surface area (Å²) in [6, 6.07) is 11.5. The number of hydrogen-bond acceptors (Lipinski definition) is 6. The van der Waals surface area contributed by atoms with E-state index in [4.69, 9.17) is 16.3 Å². The number of carbonyl (C=O) groups excluding carboxylic acids is 1. The highest BCUT2D eigenvalue weighted by Crippen LogP contribution is 2.51. The van der Waals surface area contributed by atoms with Gasteiger partial charge in [-0.3, -0.25) is 4.79 Å². The first-order valence-electron chi connectivity index (χ1n) is 16.2. The lowest BCUT2D eigenvalue weighted by molar-refractivity contribution is -0.0952. The van der Waals surface area contributed by atoms with Gasteiger partial charge in [-0.25, -0.2) is 13.1 Å². The molecule has 7 rings (SSSR count). The number of amides is 1. The third kappa shape index (κ3) is 5.25. The van der Waals surface area contributed by atoms with Gasteiger partial charge in [-0.15, -0.1) is 0 Å². The van der Waals surface area contributed by atoms with Crippen molar-refractivity contribution >= 4 is 33.2 Å². The van der Waals surface area contributed by atoms with E-state index >= 15 is 0 Å². The van der Waals surface area contributed by atoms with Crippen LogP contribution in [0.15, 0.2) is 48.6 Å². The molecule has 2 aliphatic heterocycles. The molecule has 9 heteroatoms. The molecule has 1 saturated carbocycles. The minimum atomic E-state index is -3.93. The molecule has 2 aromatic rings. The minimum Gasteiger partial charge on any atom is -0.490 e. The SMILES string of the molecule is C[C@@H]1[C@@H](C)C[C@@H]2C=CC[C@](O)(C2)[C@@H]2CC[C@H]2CN2C[C@@]3(CCCc4cc(Cl)ccc43)COc3ccc(cc32)C(=O)NS1(=O)=O. The lowest BCUT2D eigenvalue weighted by atomic mass is 9.59. The molecule has 1 fully saturated rings. The lowest BCUT2D eigenvalue weighted by Crippen LogP contribution is -2.54. The Bertz CT molecular complexity index is 1610. The van der Waals surface area contributed by atoms with E-state index < -0.39 is 26.8 Å². The molecule has 2 heterocycles. The summed E-state index contributed by atoms with van der Waals surface area (Å²) in [6.07, 6.45) is 11.2. The zero-order valence-electron chi connectivity index (χ0n) is 25.6. The molecule has 2 N–H and O–H groups in total. The third-order valence-corrected chi connectivity index (χ3v) is 13.7. The van der Waals surface area contributed by atoms with Crippen molar-refractivity contribution in [2.75, 3.05) is 24.6 Å². The summed E-state index contributed by atoms with van der Waals surface area (Å²) in [5.74, 6) is 0.427. The number of ether oxygens (including phenoxy) is 1. The molecule has 1 amide bonds. The van der Waals surface area contributed by atoms with Gasteiger partial charge in [0.2, 0.25) is 10.0 Å². The first-order valence-corrected chi connectivity index (χ1v) is 18.1.